The van der Waals surface area contributed by atoms with Crippen LogP contribution in [-0.4, -0.2) is 46.7 Å². The second-order valence-corrected chi connectivity index (χ2v) is 9.51. The average molecular weight is 506 g/mol. The number of benzene rings is 2. The smallest absolute Gasteiger partial charge is 0.408 e. The third-order valence-electron chi connectivity index (χ3n) is 4.94. The molecule has 0 heterocycles. The molecule has 0 saturated carbocycles. The van der Waals surface area contributed by atoms with Gasteiger partial charge >= 0.3 is 6.09 Å². The minimum atomic E-state index is -0.987. The van der Waals surface area contributed by atoms with Gasteiger partial charge in [0.1, 0.15) is 17.7 Å². The number of hydrogen-bond acceptors (Lipinski definition) is 5. The lowest BCUT2D eigenvalue weighted by Crippen LogP contribution is -2.53. The molecule has 0 saturated heterocycles. The van der Waals surface area contributed by atoms with E-state index >= 15 is 0 Å². The molecule has 2 atom stereocenters. The van der Waals surface area contributed by atoms with Crippen molar-refractivity contribution in [1.82, 2.24) is 10.2 Å². The summed E-state index contributed by atoms with van der Waals surface area (Å²) in [6.45, 7) is 9.01. The third-order valence-corrected chi connectivity index (χ3v) is 5.62. The molecule has 34 heavy (non-hydrogen) atoms. The number of aryl methyl sites for hydroxylation is 1. The number of halogens is 1. The minimum Gasteiger partial charge on any atom is -0.444 e. The predicted octanol–water partition coefficient (Wildman–Crippen LogP) is 5.00. The zero-order valence-electron chi connectivity index (χ0n) is 20.1. The van der Waals surface area contributed by atoms with Gasteiger partial charge in [0.05, 0.1) is 10.7 Å². The number of ether oxygens (including phenoxy) is 1. The highest BCUT2D eigenvalue weighted by atomic mass is 35.5. The summed E-state index contributed by atoms with van der Waals surface area (Å²) in [6, 6.07) is 12.3. The first kappa shape index (κ1) is 27.5. The maximum atomic E-state index is 13.5. The quantitative estimate of drug-likeness (QED) is 0.440. The molecular formula is C25H32ClN3O4S. The second-order valence-electron chi connectivity index (χ2n) is 8.74. The number of alkyl carbamates (subject to hydrolysis) is 1. The van der Waals surface area contributed by atoms with Crippen molar-refractivity contribution in [3.63, 3.8) is 0 Å². The molecule has 184 valence electrons. The van der Waals surface area contributed by atoms with E-state index in [9.17, 15) is 14.4 Å². The molecule has 0 radical (unpaired) electrons. The molecule has 2 aromatic carbocycles. The van der Waals surface area contributed by atoms with Crippen LogP contribution in [0.4, 0.5) is 10.5 Å². The van der Waals surface area contributed by atoms with Gasteiger partial charge in [0.2, 0.25) is 5.91 Å². The number of amides is 3. The van der Waals surface area contributed by atoms with E-state index in [-0.39, 0.29) is 12.3 Å². The summed E-state index contributed by atoms with van der Waals surface area (Å²) in [7, 11) is 0. The molecule has 0 bridgehead atoms. The first-order valence-electron chi connectivity index (χ1n) is 11.0. The Morgan fingerprint density at radius 1 is 1.09 bits per heavy atom. The Labute approximate surface area is 211 Å². The number of carbonyl (C=O) groups excluding carboxylic acids is 3. The molecule has 3 amide bonds. The maximum Gasteiger partial charge on any atom is 0.408 e. The Hall–Kier alpha value is -2.71. The summed E-state index contributed by atoms with van der Waals surface area (Å²) >= 11 is 10.6. The van der Waals surface area contributed by atoms with Gasteiger partial charge in [-0.1, -0.05) is 54.1 Å². The van der Waals surface area contributed by atoms with Gasteiger partial charge in [-0.05, 0) is 51.8 Å². The number of anilines is 1. The lowest BCUT2D eigenvalue weighted by atomic mass is 10.0. The number of likely N-dealkylation sites (N-methyl/N-ethyl adjacent to an activating group) is 1. The molecule has 2 N–H and O–H groups in total. The van der Waals surface area contributed by atoms with Crippen LogP contribution in [0.3, 0.4) is 0 Å². The van der Waals surface area contributed by atoms with E-state index in [4.69, 9.17) is 16.3 Å². The topological polar surface area (TPSA) is 87.7 Å². The van der Waals surface area contributed by atoms with Crippen LogP contribution in [-0.2, 0) is 14.3 Å². The number of carbonyl (C=O) groups is 3. The molecule has 9 heteroatoms. The molecule has 2 unspecified atom stereocenters. The van der Waals surface area contributed by atoms with Gasteiger partial charge in [-0.2, -0.15) is 12.6 Å². The van der Waals surface area contributed by atoms with Crippen molar-refractivity contribution in [1.29, 1.82) is 0 Å². The third kappa shape index (κ3) is 7.40. The van der Waals surface area contributed by atoms with Gasteiger partial charge in [-0.25, -0.2) is 4.79 Å². The van der Waals surface area contributed by atoms with Crippen LogP contribution in [0.2, 0.25) is 5.02 Å². The fourth-order valence-corrected chi connectivity index (χ4v) is 3.91. The first-order valence-corrected chi connectivity index (χ1v) is 12.0. The number of nitrogens with one attached hydrogen (secondary N) is 2. The zero-order valence-corrected chi connectivity index (χ0v) is 21.7. The van der Waals surface area contributed by atoms with Crippen molar-refractivity contribution >= 4 is 47.8 Å². The summed E-state index contributed by atoms with van der Waals surface area (Å²) in [4.78, 5) is 40.8. The van der Waals surface area contributed by atoms with Gasteiger partial charge < -0.3 is 20.3 Å². The number of hydrogen-bond donors (Lipinski definition) is 3. The van der Waals surface area contributed by atoms with Crippen molar-refractivity contribution < 1.29 is 19.1 Å². The van der Waals surface area contributed by atoms with Crippen molar-refractivity contribution in [2.24, 2.45) is 0 Å². The average Bonchev–Trinajstić information content (AvgIpc) is 2.77. The lowest BCUT2D eigenvalue weighted by molar-refractivity contribution is -0.140. The number of thiol groups is 1. The Morgan fingerprint density at radius 2 is 1.74 bits per heavy atom. The van der Waals surface area contributed by atoms with Crippen LogP contribution in [0, 0.1) is 6.92 Å². The van der Waals surface area contributed by atoms with Crippen LogP contribution in [0.1, 0.15) is 44.9 Å². The molecule has 0 aliphatic rings. The van der Waals surface area contributed by atoms with E-state index in [0.29, 0.717) is 16.3 Å². The molecule has 2 rings (SSSR count). The highest BCUT2D eigenvalue weighted by Gasteiger charge is 2.35. The first-order chi connectivity index (χ1) is 16.0. The Morgan fingerprint density at radius 3 is 2.26 bits per heavy atom. The van der Waals surface area contributed by atoms with Crippen LogP contribution in [0.5, 0.6) is 0 Å². The molecule has 0 spiro atoms. The predicted molar refractivity (Wildman–Crippen MR) is 138 cm³/mol. The molecular weight excluding hydrogens is 474 g/mol. The van der Waals surface area contributed by atoms with E-state index in [2.05, 4.69) is 23.3 Å². The fraction of sp³-hybridized carbons (Fsp3) is 0.400. The SMILES string of the molecule is CCN(C(=O)C(CS)NC(=O)OC(C)(C)C)C(C(=O)Nc1c(C)cccc1Cl)c1ccccc1. The van der Waals surface area contributed by atoms with Gasteiger partial charge in [-0.3, -0.25) is 9.59 Å². The number of nitrogens with zero attached hydrogens (tertiary/aromatic N) is 1. The van der Waals surface area contributed by atoms with Crippen molar-refractivity contribution in [2.75, 3.05) is 17.6 Å². The monoisotopic (exact) mass is 505 g/mol. The molecule has 0 aliphatic carbocycles. The van der Waals surface area contributed by atoms with Gasteiger partial charge in [0.25, 0.3) is 5.91 Å². The highest BCUT2D eigenvalue weighted by molar-refractivity contribution is 7.80. The van der Waals surface area contributed by atoms with E-state index in [0.717, 1.165) is 5.56 Å². The van der Waals surface area contributed by atoms with Gasteiger partial charge in [0.15, 0.2) is 0 Å². The molecule has 0 aliphatic heterocycles. The number of para-hydroxylation sites is 1. The van der Waals surface area contributed by atoms with Crippen molar-refractivity contribution in [3.8, 4) is 0 Å². The maximum absolute atomic E-state index is 13.5. The summed E-state index contributed by atoms with van der Waals surface area (Å²) < 4.78 is 5.28. The Bertz CT molecular complexity index is 991. The molecule has 2 aromatic rings. The summed E-state index contributed by atoms with van der Waals surface area (Å²) in [5.41, 5.74) is 1.17. The van der Waals surface area contributed by atoms with Gasteiger partial charge in [0, 0.05) is 12.3 Å². The normalized spacial score (nSPS) is 12.9. The van der Waals surface area contributed by atoms with Crippen molar-refractivity contribution in [2.45, 2.75) is 52.3 Å². The second kappa shape index (κ2) is 12.1. The molecule has 0 aromatic heterocycles. The molecule has 7 nitrogen and oxygen atoms in total. The van der Waals surface area contributed by atoms with Crippen LogP contribution in [0.25, 0.3) is 0 Å². The van der Waals surface area contributed by atoms with Gasteiger partial charge in [-0.15, -0.1) is 0 Å². The minimum absolute atomic E-state index is 0.0291. The van der Waals surface area contributed by atoms with Crippen LogP contribution >= 0.6 is 24.2 Å². The fourth-order valence-electron chi connectivity index (χ4n) is 3.39. The van der Waals surface area contributed by atoms with E-state index in [1.165, 1.54) is 4.90 Å². The van der Waals surface area contributed by atoms with E-state index in [1.54, 1.807) is 64.1 Å². The Kier molecular flexibility index (Phi) is 9.82. The van der Waals surface area contributed by atoms with E-state index in [1.807, 2.05) is 19.1 Å². The van der Waals surface area contributed by atoms with Crippen LogP contribution in [0.15, 0.2) is 48.5 Å². The largest absolute Gasteiger partial charge is 0.444 e. The standard InChI is InChI=1S/C25H32ClN3O4S/c1-6-29(23(31)19(15-34)27-24(32)33-25(3,4)5)21(17-12-8-7-9-13-17)22(30)28-20-16(2)11-10-14-18(20)26/h7-14,19,21,34H,6,15H2,1-5H3,(H,27,32)(H,28,30). The molecule has 0 fully saturated rings. The highest BCUT2D eigenvalue weighted by Crippen LogP contribution is 2.29. The Balaban J connectivity index is 2.38. The van der Waals surface area contributed by atoms with Crippen LogP contribution < -0.4 is 10.6 Å². The lowest BCUT2D eigenvalue weighted by Gasteiger charge is -2.33. The van der Waals surface area contributed by atoms with Crippen molar-refractivity contribution in [3.05, 3.63) is 64.7 Å². The zero-order chi connectivity index (χ0) is 25.5. The summed E-state index contributed by atoms with van der Waals surface area (Å²) in [6.07, 6.45) is -0.733. The number of rotatable bonds is 8. The van der Waals surface area contributed by atoms with E-state index < -0.39 is 35.6 Å². The summed E-state index contributed by atoms with van der Waals surface area (Å²) in [5, 5.41) is 5.85. The summed E-state index contributed by atoms with van der Waals surface area (Å²) in [5.74, 6) is -0.850.